The van der Waals surface area contributed by atoms with Crippen LogP contribution >= 0.6 is 11.3 Å². The summed E-state index contributed by atoms with van der Waals surface area (Å²) in [5.74, 6) is -2.12. The van der Waals surface area contributed by atoms with Crippen molar-refractivity contribution in [2.45, 2.75) is 19.9 Å². The largest absolute Gasteiger partial charge is 0.463 e. The van der Waals surface area contributed by atoms with Gasteiger partial charge in [0.15, 0.2) is 4.80 Å². The predicted octanol–water partition coefficient (Wildman–Crippen LogP) is 4.07. The predicted molar refractivity (Wildman–Crippen MR) is 159 cm³/mol. The first-order valence-electron chi connectivity index (χ1n) is 13.4. The minimum absolute atomic E-state index is 0.116. The first-order chi connectivity index (χ1) is 20.4. The van der Waals surface area contributed by atoms with Gasteiger partial charge in [0, 0.05) is 5.56 Å². The Bertz CT molecular complexity index is 1930. The van der Waals surface area contributed by atoms with E-state index in [1.807, 2.05) is 48.5 Å². The van der Waals surface area contributed by atoms with E-state index in [0.29, 0.717) is 33.0 Å². The second kappa shape index (κ2) is 11.1. The molecule has 3 heterocycles. The van der Waals surface area contributed by atoms with Crippen LogP contribution in [0, 0.1) is 11.7 Å². The Hall–Kier alpha value is -4.96. The van der Waals surface area contributed by atoms with E-state index in [2.05, 4.69) is 5.10 Å². The zero-order chi connectivity index (χ0) is 29.4. The van der Waals surface area contributed by atoms with Crippen LogP contribution in [-0.2, 0) is 14.3 Å². The highest BCUT2D eigenvalue weighted by atomic mass is 32.1. The molecule has 2 aliphatic heterocycles. The normalized spacial score (nSPS) is 18.5. The van der Waals surface area contributed by atoms with E-state index < -0.39 is 29.3 Å². The number of carbonyl (C=O) groups is 2. The van der Waals surface area contributed by atoms with Gasteiger partial charge >= 0.3 is 5.97 Å². The molecular formula is C32H25FN4O4S. The summed E-state index contributed by atoms with van der Waals surface area (Å²) in [6.07, 6.45) is 1.60. The molecule has 0 aliphatic carbocycles. The van der Waals surface area contributed by atoms with Gasteiger partial charge in [-0.1, -0.05) is 72.0 Å². The van der Waals surface area contributed by atoms with Gasteiger partial charge in [0.1, 0.15) is 11.7 Å². The van der Waals surface area contributed by atoms with Crippen LogP contribution in [0.5, 0.6) is 0 Å². The number of fused-ring (bicyclic) bond motifs is 1. The van der Waals surface area contributed by atoms with E-state index in [1.165, 1.54) is 21.7 Å². The number of carbonyl (C=O) groups excluding carboxylic acids is 2. The Morgan fingerprint density at radius 1 is 1.00 bits per heavy atom. The van der Waals surface area contributed by atoms with Crippen LogP contribution in [0.4, 0.5) is 10.1 Å². The lowest BCUT2D eigenvalue weighted by Gasteiger charge is -2.25. The minimum Gasteiger partial charge on any atom is -0.463 e. The quantitative estimate of drug-likeness (QED) is 0.322. The number of hydrogen-bond donors (Lipinski definition) is 0. The highest BCUT2D eigenvalue weighted by Gasteiger charge is 2.36. The van der Waals surface area contributed by atoms with Crippen molar-refractivity contribution in [3.8, 4) is 0 Å². The number of hydrogen-bond acceptors (Lipinski definition) is 7. The van der Waals surface area contributed by atoms with E-state index in [1.54, 1.807) is 44.2 Å². The standard InChI is InChI=1S/C32H25FN4O4S/c1-3-41-31(40)26-27(20-10-6-4-7-11-20)34-32-36(28(26)21-14-16-22(33)17-15-21)30(39)25(42-32)18-24-19(2)35-37(29(24)38)23-12-8-5-9-13-23/h4-18,24,28H,3H2,1-2H3/b25-18+/t24-,28+/m1/s1. The van der Waals surface area contributed by atoms with E-state index in [0.717, 1.165) is 11.3 Å². The van der Waals surface area contributed by atoms with E-state index in [9.17, 15) is 18.8 Å². The maximum Gasteiger partial charge on any atom is 0.338 e. The molecule has 0 N–H and O–H groups in total. The van der Waals surface area contributed by atoms with Crippen LogP contribution in [0.2, 0.25) is 0 Å². The summed E-state index contributed by atoms with van der Waals surface area (Å²) in [6, 6.07) is 22.9. The molecule has 2 atom stereocenters. The third-order valence-corrected chi connectivity index (χ3v) is 8.06. The van der Waals surface area contributed by atoms with Crippen molar-refractivity contribution in [3.63, 3.8) is 0 Å². The number of esters is 1. The second-order valence-electron chi connectivity index (χ2n) is 9.71. The average molecular weight is 581 g/mol. The number of nitrogens with zero attached hydrogens (tertiary/aromatic N) is 4. The summed E-state index contributed by atoms with van der Waals surface area (Å²) in [4.78, 5) is 46.1. The van der Waals surface area contributed by atoms with Gasteiger partial charge in [-0.15, -0.1) is 0 Å². The zero-order valence-corrected chi connectivity index (χ0v) is 23.5. The lowest BCUT2D eigenvalue weighted by Crippen LogP contribution is -2.40. The molecule has 0 spiro atoms. The van der Waals surface area contributed by atoms with Gasteiger partial charge in [0.2, 0.25) is 0 Å². The zero-order valence-electron chi connectivity index (χ0n) is 22.7. The second-order valence-corrected chi connectivity index (χ2v) is 10.7. The average Bonchev–Trinajstić information content (AvgIpc) is 3.48. The van der Waals surface area contributed by atoms with Gasteiger partial charge in [-0.05, 0) is 49.8 Å². The van der Waals surface area contributed by atoms with Crippen LogP contribution < -0.4 is 19.9 Å². The molecule has 2 aliphatic rings. The van der Waals surface area contributed by atoms with Gasteiger partial charge in [-0.25, -0.2) is 14.2 Å². The number of amides is 1. The van der Waals surface area contributed by atoms with Gasteiger partial charge in [0.05, 0.1) is 39.9 Å². The summed E-state index contributed by atoms with van der Waals surface area (Å²) in [7, 11) is 0. The molecule has 0 radical (unpaired) electrons. The fourth-order valence-corrected chi connectivity index (χ4v) is 6.10. The maximum absolute atomic E-state index is 14.1. The number of hydrazone groups is 1. The molecule has 10 heteroatoms. The Morgan fingerprint density at radius 2 is 1.67 bits per heavy atom. The number of aromatic nitrogens is 1. The number of para-hydroxylation sites is 1. The number of ether oxygens (including phenoxy) is 1. The Morgan fingerprint density at radius 3 is 2.33 bits per heavy atom. The summed E-state index contributed by atoms with van der Waals surface area (Å²) >= 11 is 1.12. The first-order valence-corrected chi connectivity index (χ1v) is 14.2. The van der Waals surface area contributed by atoms with Gasteiger partial charge in [-0.3, -0.25) is 14.2 Å². The van der Waals surface area contributed by atoms with Gasteiger partial charge in [0.25, 0.3) is 11.5 Å². The van der Waals surface area contributed by atoms with E-state index in [4.69, 9.17) is 9.73 Å². The van der Waals surface area contributed by atoms with E-state index >= 15 is 0 Å². The molecule has 6 rings (SSSR count). The fraction of sp³-hybridized carbons (Fsp3) is 0.156. The number of anilines is 1. The van der Waals surface area contributed by atoms with Crippen molar-refractivity contribution in [1.29, 1.82) is 0 Å². The van der Waals surface area contributed by atoms with Crippen molar-refractivity contribution < 1.29 is 18.7 Å². The minimum atomic E-state index is -0.937. The van der Waals surface area contributed by atoms with Crippen molar-refractivity contribution >= 4 is 46.4 Å². The first kappa shape index (κ1) is 27.2. The van der Waals surface area contributed by atoms with Crippen LogP contribution in [-0.4, -0.2) is 28.8 Å². The third-order valence-electron chi connectivity index (χ3n) is 7.06. The molecule has 0 bridgehead atoms. The molecule has 3 aromatic carbocycles. The van der Waals surface area contributed by atoms with Crippen LogP contribution in [0.1, 0.15) is 31.0 Å². The molecule has 8 nitrogen and oxygen atoms in total. The molecule has 4 aromatic rings. The third kappa shape index (κ3) is 4.79. The van der Waals surface area contributed by atoms with Gasteiger partial charge in [-0.2, -0.15) is 10.1 Å². The molecule has 0 fully saturated rings. The molecule has 1 amide bonds. The lowest BCUT2D eigenvalue weighted by atomic mass is 9.93. The van der Waals surface area contributed by atoms with Crippen molar-refractivity contribution in [2.24, 2.45) is 16.0 Å². The Balaban J connectivity index is 1.55. The molecule has 0 unspecified atom stereocenters. The Kier molecular flexibility index (Phi) is 7.22. The van der Waals surface area contributed by atoms with Gasteiger partial charge < -0.3 is 4.74 Å². The smallest absolute Gasteiger partial charge is 0.338 e. The van der Waals surface area contributed by atoms with Crippen molar-refractivity contribution in [1.82, 2.24) is 4.57 Å². The molecule has 1 aromatic heterocycles. The summed E-state index contributed by atoms with van der Waals surface area (Å²) in [5, 5.41) is 5.78. The van der Waals surface area contributed by atoms with Crippen molar-refractivity contribution in [3.05, 3.63) is 127 Å². The monoisotopic (exact) mass is 580 g/mol. The molecular weight excluding hydrogens is 555 g/mol. The van der Waals surface area contributed by atoms with Crippen molar-refractivity contribution in [2.75, 3.05) is 11.6 Å². The topological polar surface area (TPSA) is 93.3 Å². The molecule has 0 saturated heterocycles. The fourth-order valence-electron chi connectivity index (χ4n) is 5.09. The SMILES string of the molecule is CCOC(=O)C1=C(c2ccccc2)N=c2s/c(=C/[C@H]3C(=O)N(c4ccccc4)N=C3C)c(=O)n2[C@H]1c1ccc(F)cc1. The van der Waals surface area contributed by atoms with E-state index in [-0.39, 0.29) is 22.6 Å². The summed E-state index contributed by atoms with van der Waals surface area (Å²) in [5.41, 5.74) is 2.45. The van der Waals surface area contributed by atoms with Crippen LogP contribution in [0.15, 0.2) is 105 Å². The highest BCUT2D eigenvalue weighted by Crippen LogP contribution is 2.35. The Labute approximate surface area is 244 Å². The maximum atomic E-state index is 14.1. The summed E-state index contributed by atoms with van der Waals surface area (Å²) < 4.78 is 21.1. The number of thiazole rings is 1. The number of rotatable bonds is 6. The molecule has 210 valence electrons. The number of halogens is 1. The van der Waals surface area contributed by atoms with Crippen LogP contribution in [0.3, 0.4) is 0 Å². The lowest BCUT2D eigenvalue weighted by molar-refractivity contribution is -0.138. The summed E-state index contributed by atoms with van der Waals surface area (Å²) in [6.45, 7) is 3.56. The molecule has 0 saturated carbocycles. The van der Waals surface area contributed by atoms with Crippen LogP contribution in [0.25, 0.3) is 11.8 Å². The number of benzene rings is 3. The highest BCUT2D eigenvalue weighted by molar-refractivity contribution is 7.07. The molecule has 42 heavy (non-hydrogen) atoms.